The SMILES string of the molecule is O=C(N1CCN(CCN2CCN(C(=O)C34CC5CC(CC(C5)C3)C4)CC2)CC1)C12CC3CC(CC(C3)C1)C2. The van der Waals surface area contributed by atoms with Gasteiger partial charge in [0.2, 0.25) is 11.8 Å². The van der Waals surface area contributed by atoms with Gasteiger partial charge < -0.3 is 9.80 Å². The van der Waals surface area contributed by atoms with Gasteiger partial charge in [-0.2, -0.15) is 0 Å². The number of carbonyl (C=O) groups is 2. The topological polar surface area (TPSA) is 47.1 Å². The molecule has 0 aromatic carbocycles. The van der Waals surface area contributed by atoms with Gasteiger partial charge in [-0.05, 0) is 113 Å². The third-order valence-electron chi connectivity index (χ3n) is 13.0. The van der Waals surface area contributed by atoms with Crippen LogP contribution in [0.1, 0.15) is 77.0 Å². The molecular weight excluding hydrogens is 472 g/mol. The smallest absolute Gasteiger partial charge is 0.228 e. The van der Waals surface area contributed by atoms with Crippen LogP contribution in [0.15, 0.2) is 0 Å². The fraction of sp³-hybridized carbons (Fsp3) is 0.938. The molecule has 2 saturated heterocycles. The van der Waals surface area contributed by atoms with Gasteiger partial charge in [-0.15, -0.1) is 0 Å². The van der Waals surface area contributed by atoms with Gasteiger partial charge in [-0.1, -0.05) is 0 Å². The number of piperazine rings is 2. The maximum atomic E-state index is 13.7. The fourth-order valence-corrected chi connectivity index (χ4v) is 12.0. The second-order valence-electron chi connectivity index (χ2n) is 15.7. The quantitative estimate of drug-likeness (QED) is 0.552. The Balaban J connectivity index is 0.789. The summed E-state index contributed by atoms with van der Waals surface area (Å²) in [4.78, 5) is 37.1. The van der Waals surface area contributed by atoms with Crippen molar-refractivity contribution in [3.8, 4) is 0 Å². The van der Waals surface area contributed by atoms with Crippen LogP contribution in [-0.2, 0) is 9.59 Å². The number of carbonyl (C=O) groups excluding carboxylic acids is 2. The Labute approximate surface area is 229 Å². The molecule has 8 saturated carbocycles. The first-order valence-corrected chi connectivity index (χ1v) is 16.5. The van der Waals surface area contributed by atoms with E-state index in [-0.39, 0.29) is 10.8 Å². The summed E-state index contributed by atoms with van der Waals surface area (Å²) in [5.74, 6) is 6.10. The minimum Gasteiger partial charge on any atom is -0.340 e. The van der Waals surface area contributed by atoms with Crippen molar-refractivity contribution in [1.82, 2.24) is 19.6 Å². The van der Waals surface area contributed by atoms with Crippen molar-refractivity contribution in [2.24, 2.45) is 46.3 Å². The molecule has 2 aliphatic heterocycles. The van der Waals surface area contributed by atoms with E-state index in [0.29, 0.717) is 11.8 Å². The first kappa shape index (κ1) is 24.6. The molecule has 6 nitrogen and oxygen atoms in total. The third-order valence-corrected chi connectivity index (χ3v) is 13.0. The standard InChI is InChI=1S/C32H50N4O2/c37-29(31-17-23-11-24(18-31)13-25(12-23)19-31)35-7-3-33(4-8-35)1-2-34-5-9-36(10-6-34)30(38)32-20-26-14-27(21-32)16-28(15-26)22-32/h23-28H,1-22H2. The summed E-state index contributed by atoms with van der Waals surface area (Å²) in [6.45, 7) is 10.0. The number of hydrogen-bond acceptors (Lipinski definition) is 4. The summed E-state index contributed by atoms with van der Waals surface area (Å²) >= 11 is 0. The Morgan fingerprint density at radius 1 is 0.447 bits per heavy atom. The number of hydrogen-bond donors (Lipinski definition) is 0. The first-order chi connectivity index (χ1) is 18.5. The second kappa shape index (κ2) is 9.19. The van der Waals surface area contributed by atoms with Gasteiger partial charge in [-0.25, -0.2) is 0 Å². The minimum atomic E-state index is 0.0181. The van der Waals surface area contributed by atoms with Crippen molar-refractivity contribution in [3.63, 3.8) is 0 Å². The molecule has 2 amide bonds. The lowest BCUT2D eigenvalue weighted by atomic mass is 9.49. The highest BCUT2D eigenvalue weighted by Crippen LogP contribution is 2.61. The largest absolute Gasteiger partial charge is 0.340 e. The Morgan fingerprint density at radius 3 is 0.974 bits per heavy atom. The van der Waals surface area contributed by atoms with Gasteiger partial charge in [0.05, 0.1) is 10.8 Å². The van der Waals surface area contributed by atoms with E-state index in [9.17, 15) is 9.59 Å². The van der Waals surface area contributed by atoms with E-state index in [0.717, 1.165) is 101 Å². The summed E-state index contributed by atoms with van der Waals surface area (Å²) < 4.78 is 0. The van der Waals surface area contributed by atoms with Gasteiger partial charge in [0.25, 0.3) is 0 Å². The lowest BCUT2D eigenvalue weighted by Gasteiger charge is -2.57. The molecule has 0 N–H and O–H groups in total. The second-order valence-corrected chi connectivity index (χ2v) is 15.7. The highest BCUT2D eigenvalue weighted by molar-refractivity contribution is 5.84. The van der Waals surface area contributed by atoms with Gasteiger partial charge in [0.15, 0.2) is 0 Å². The Kier molecular flexibility index (Phi) is 5.96. The van der Waals surface area contributed by atoms with Gasteiger partial charge in [-0.3, -0.25) is 19.4 Å². The molecule has 8 aliphatic carbocycles. The van der Waals surface area contributed by atoms with Crippen LogP contribution in [0.5, 0.6) is 0 Å². The maximum absolute atomic E-state index is 13.7. The molecule has 0 unspecified atom stereocenters. The minimum absolute atomic E-state index is 0.0181. The molecule has 8 bridgehead atoms. The molecule has 2 heterocycles. The Hall–Kier alpha value is -1.14. The molecule has 0 radical (unpaired) electrons. The average Bonchev–Trinajstić information content (AvgIpc) is 2.90. The number of nitrogens with zero attached hydrogens (tertiary/aromatic N) is 4. The molecule has 0 spiro atoms. The summed E-state index contributed by atoms with van der Waals surface area (Å²) in [6, 6.07) is 0. The van der Waals surface area contributed by atoms with Crippen molar-refractivity contribution in [2.45, 2.75) is 77.0 Å². The van der Waals surface area contributed by atoms with Crippen LogP contribution in [0.2, 0.25) is 0 Å². The number of rotatable bonds is 5. The molecule has 38 heavy (non-hydrogen) atoms. The van der Waals surface area contributed by atoms with Crippen LogP contribution in [-0.4, -0.2) is 96.9 Å². The lowest BCUT2D eigenvalue weighted by Crippen LogP contribution is -2.59. The highest BCUT2D eigenvalue weighted by atomic mass is 16.2. The van der Waals surface area contributed by atoms with E-state index in [1.54, 1.807) is 0 Å². The van der Waals surface area contributed by atoms with Crippen molar-refractivity contribution < 1.29 is 9.59 Å². The summed E-state index contributed by atoms with van der Waals surface area (Å²) in [7, 11) is 0. The number of amides is 2. The molecule has 10 fully saturated rings. The zero-order valence-corrected chi connectivity index (χ0v) is 23.6. The normalized spacial score (nSPS) is 46.2. The van der Waals surface area contributed by atoms with Crippen LogP contribution in [0.4, 0.5) is 0 Å². The molecule has 10 rings (SSSR count). The summed E-state index contributed by atoms with van der Waals surface area (Å²) in [6.07, 6.45) is 15.6. The molecule has 0 atom stereocenters. The zero-order chi connectivity index (χ0) is 25.5. The highest BCUT2D eigenvalue weighted by Gasteiger charge is 2.57. The van der Waals surface area contributed by atoms with E-state index in [4.69, 9.17) is 0 Å². The molecule has 0 aromatic rings. The lowest BCUT2D eigenvalue weighted by molar-refractivity contribution is -0.160. The fourth-order valence-electron chi connectivity index (χ4n) is 12.0. The third kappa shape index (κ3) is 4.17. The molecule has 6 heteroatoms. The van der Waals surface area contributed by atoms with Crippen LogP contribution in [0.25, 0.3) is 0 Å². The van der Waals surface area contributed by atoms with Crippen LogP contribution >= 0.6 is 0 Å². The predicted molar refractivity (Wildman–Crippen MR) is 147 cm³/mol. The van der Waals surface area contributed by atoms with E-state index >= 15 is 0 Å². The summed E-state index contributed by atoms with van der Waals surface area (Å²) in [5.41, 5.74) is 0.0361. The van der Waals surface area contributed by atoms with Crippen LogP contribution in [0.3, 0.4) is 0 Å². The first-order valence-electron chi connectivity index (χ1n) is 16.5. The maximum Gasteiger partial charge on any atom is 0.228 e. The Morgan fingerprint density at radius 2 is 0.711 bits per heavy atom. The summed E-state index contributed by atoms with van der Waals surface area (Å²) in [5, 5.41) is 0. The van der Waals surface area contributed by atoms with Gasteiger partial charge in [0, 0.05) is 65.4 Å². The van der Waals surface area contributed by atoms with Crippen molar-refractivity contribution in [2.75, 3.05) is 65.4 Å². The van der Waals surface area contributed by atoms with E-state index in [1.165, 1.54) is 77.0 Å². The predicted octanol–water partition coefficient (Wildman–Crippen LogP) is 3.71. The van der Waals surface area contributed by atoms with Crippen LogP contribution < -0.4 is 0 Å². The van der Waals surface area contributed by atoms with E-state index < -0.39 is 0 Å². The molecule has 0 aromatic heterocycles. The monoisotopic (exact) mass is 522 g/mol. The van der Waals surface area contributed by atoms with E-state index in [1.807, 2.05) is 0 Å². The molecule has 10 aliphatic rings. The zero-order valence-electron chi connectivity index (χ0n) is 23.6. The Bertz CT molecular complexity index is 801. The van der Waals surface area contributed by atoms with E-state index in [2.05, 4.69) is 19.6 Å². The van der Waals surface area contributed by atoms with Crippen molar-refractivity contribution in [3.05, 3.63) is 0 Å². The van der Waals surface area contributed by atoms with Gasteiger partial charge >= 0.3 is 0 Å². The molecule has 210 valence electrons. The van der Waals surface area contributed by atoms with Crippen LogP contribution in [0, 0.1) is 46.3 Å². The average molecular weight is 523 g/mol. The van der Waals surface area contributed by atoms with Gasteiger partial charge in [0.1, 0.15) is 0 Å². The van der Waals surface area contributed by atoms with Crippen molar-refractivity contribution in [1.29, 1.82) is 0 Å². The molecular formula is C32H50N4O2. The van der Waals surface area contributed by atoms with Crippen molar-refractivity contribution >= 4 is 11.8 Å².